The molecular formula is C16H21BrO2. The molecule has 104 valence electrons. The molecule has 0 spiro atoms. The largest absolute Gasteiger partial charge is 0.496 e. The van der Waals surface area contributed by atoms with E-state index in [0.717, 1.165) is 28.6 Å². The van der Waals surface area contributed by atoms with Crippen LogP contribution in [-0.2, 0) is 0 Å². The molecule has 3 heteroatoms. The third-order valence-electron chi connectivity index (χ3n) is 4.21. The van der Waals surface area contributed by atoms with Gasteiger partial charge in [0.15, 0.2) is 5.78 Å². The first-order valence-corrected chi connectivity index (χ1v) is 7.84. The van der Waals surface area contributed by atoms with Gasteiger partial charge in [0.1, 0.15) is 5.75 Å². The van der Waals surface area contributed by atoms with Gasteiger partial charge in [0, 0.05) is 11.5 Å². The fourth-order valence-corrected chi connectivity index (χ4v) is 3.62. The molecule has 1 aromatic rings. The molecule has 0 saturated heterocycles. The van der Waals surface area contributed by atoms with Crippen LogP contribution in [0.4, 0.5) is 0 Å². The van der Waals surface area contributed by atoms with Gasteiger partial charge in [0.05, 0.1) is 11.6 Å². The van der Waals surface area contributed by atoms with Crippen molar-refractivity contribution in [1.82, 2.24) is 0 Å². The minimum Gasteiger partial charge on any atom is -0.496 e. The van der Waals surface area contributed by atoms with E-state index in [-0.39, 0.29) is 5.92 Å². The molecule has 0 aromatic heterocycles. The lowest BCUT2D eigenvalue weighted by Gasteiger charge is -2.29. The highest BCUT2D eigenvalue weighted by atomic mass is 79.9. The molecule has 0 heterocycles. The van der Waals surface area contributed by atoms with E-state index in [9.17, 15) is 4.79 Å². The summed E-state index contributed by atoms with van der Waals surface area (Å²) in [5, 5.41) is 0. The topological polar surface area (TPSA) is 26.3 Å². The Morgan fingerprint density at radius 3 is 2.74 bits per heavy atom. The number of halogens is 1. The van der Waals surface area contributed by atoms with E-state index in [1.165, 1.54) is 19.3 Å². The highest BCUT2D eigenvalue weighted by Gasteiger charge is 2.30. The van der Waals surface area contributed by atoms with E-state index in [4.69, 9.17) is 4.74 Å². The van der Waals surface area contributed by atoms with Crippen LogP contribution in [0, 0.1) is 11.8 Å². The third kappa shape index (κ3) is 3.19. The molecular weight excluding hydrogens is 304 g/mol. The molecule has 2 nitrogen and oxygen atoms in total. The van der Waals surface area contributed by atoms with E-state index >= 15 is 0 Å². The quantitative estimate of drug-likeness (QED) is 0.739. The van der Waals surface area contributed by atoms with Crippen molar-refractivity contribution in [3.05, 3.63) is 28.2 Å². The Balaban J connectivity index is 2.20. The fourth-order valence-electron chi connectivity index (χ4n) is 3.08. The molecule has 0 bridgehead atoms. The standard InChI is InChI=1S/C16H21BrO2/c1-3-11-6-4-5-7-13(11)16(18)12-8-9-15(19-2)14(17)10-12/h8-11,13H,3-7H2,1-2H3. The van der Waals surface area contributed by atoms with Crippen LogP contribution in [0.15, 0.2) is 22.7 Å². The Hall–Kier alpha value is -0.830. The Bertz CT molecular complexity index is 456. The lowest BCUT2D eigenvalue weighted by molar-refractivity contribution is 0.0820. The highest BCUT2D eigenvalue weighted by molar-refractivity contribution is 9.10. The summed E-state index contributed by atoms with van der Waals surface area (Å²) in [6.07, 6.45) is 5.80. The zero-order chi connectivity index (χ0) is 13.8. The summed E-state index contributed by atoms with van der Waals surface area (Å²) in [4.78, 5) is 12.7. The molecule has 0 aliphatic heterocycles. The predicted octanol–water partition coefficient (Wildman–Crippen LogP) is 4.86. The van der Waals surface area contributed by atoms with Gasteiger partial charge in [0.25, 0.3) is 0 Å². The zero-order valence-electron chi connectivity index (χ0n) is 11.6. The smallest absolute Gasteiger partial charge is 0.166 e. The van der Waals surface area contributed by atoms with Crippen LogP contribution >= 0.6 is 15.9 Å². The molecule has 1 saturated carbocycles. The van der Waals surface area contributed by atoms with Crippen LogP contribution in [0.1, 0.15) is 49.4 Å². The van der Waals surface area contributed by atoms with Crippen LogP contribution in [0.25, 0.3) is 0 Å². The van der Waals surface area contributed by atoms with Crippen molar-refractivity contribution in [2.45, 2.75) is 39.0 Å². The summed E-state index contributed by atoms with van der Waals surface area (Å²) in [7, 11) is 1.63. The number of ketones is 1. The maximum Gasteiger partial charge on any atom is 0.166 e. The lowest BCUT2D eigenvalue weighted by atomic mass is 9.74. The SMILES string of the molecule is CCC1CCCCC1C(=O)c1ccc(OC)c(Br)c1. The number of hydrogen-bond donors (Lipinski definition) is 0. The van der Waals surface area contributed by atoms with Crippen LogP contribution in [-0.4, -0.2) is 12.9 Å². The lowest BCUT2D eigenvalue weighted by Crippen LogP contribution is -2.27. The molecule has 0 N–H and O–H groups in total. The van der Waals surface area contributed by atoms with Crippen molar-refractivity contribution in [3.8, 4) is 5.75 Å². The summed E-state index contributed by atoms with van der Waals surface area (Å²) in [6.45, 7) is 2.19. The Morgan fingerprint density at radius 1 is 1.37 bits per heavy atom. The Labute approximate surface area is 123 Å². The van der Waals surface area contributed by atoms with Gasteiger partial charge in [-0.1, -0.05) is 26.2 Å². The third-order valence-corrected chi connectivity index (χ3v) is 4.83. The van der Waals surface area contributed by atoms with Crippen molar-refractivity contribution in [1.29, 1.82) is 0 Å². The molecule has 1 aromatic carbocycles. The van der Waals surface area contributed by atoms with Gasteiger partial charge in [-0.2, -0.15) is 0 Å². The first kappa shape index (κ1) is 14.6. The van der Waals surface area contributed by atoms with E-state index in [2.05, 4.69) is 22.9 Å². The number of benzene rings is 1. The average Bonchev–Trinajstić information content (AvgIpc) is 2.46. The summed E-state index contributed by atoms with van der Waals surface area (Å²) in [6, 6.07) is 5.64. The molecule has 0 radical (unpaired) electrons. The second-order valence-electron chi connectivity index (χ2n) is 5.27. The summed E-state index contributed by atoms with van der Waals surface area (Å²) >= 11 is 3.45. The van der Waals surface area contributed by atoms with E-state index in [1.54, 1.807) is 7.11 Å². The maximum absolute atomic E-state index is 12.7. The van der Waals surface area contributed by atoms with Crippen molar-refractivity contribution in [3.63, 3.8) is 0 Å². The van der Waals surface area contributed by atoms with Gasteiger partial charge < -0.3 is 4.74 Å². The molecule has 1 aliphatic carbocycles. The van der Waals surface area contributed by atoms with Gasteiger partial charge in [-0.25, -0.2) is 0 Å². The second kappa shape index (κ2) is 6.56. The second-order valence-corrected chi connectivity index (χ2v) is 6.13. The highest BCUT2D eigenvalue weighted by Crippen LogP contribution is 2.35. The number of carbonyl (C=O) groups is 1. The maximum atomic E-state index is 12.7. The van der Waals surface area contributed by atoms with Crippen LogP contribution in [0.3, 0.4) is 0 Å². The molecule has 1 aliphatic rings. The van der Waals surface area contributed by atoms with Crippen molar-refractivity contribution >= 4 is 21.7 Å². The number of hydrogen-bond acceptors (Lipinski definition) is 2. The van der Waals surface area contributed by atoms with Gasteiger partial charge in [-0.3, -0.25) is 4.79 Å². The minimum absolute atomic E-state index is 0.207. The predicted molar refractivity (Wildman–Crippen MR) is 80.8 cm³/mol. The average molecular weight is 325 g/mol. The van der Waals surface area contributed by atoms with Crippen LogP contribution in [0.5, 0.6) is 5.75 Å². The van der Waals surface area contributed by atoms with Crippen molar-refractivity contribution < 1.29 is 9.53 Å². The van der Waals surface area contributed by atoms with Crippen molar-refractivity contribution in [2.24, 2.45) is 11.8 Å². The van der Waals surface area contributed by atoms with Gasteiger partial charge in [-0.15, -0.1) is 0 Å². The Kier molecular flexibility index (Phi) is 5.03. The molecule has 0 amide bonds. The Morgan fingerprint density at radius 2 is 2.11 bits per heavy atom. The van der Waals surface area contributed by atoms with Crippen molar-refractivity contribution in [2.75, 3.05) is 7.11 Å². The first-order valence-electron chi connectivity index (χ1n) is 7.05. The molecule has 2 atom stereocenters. The molecule has 19 heavy (non-hydrogen) atoms. The fraction of sp³-hybridized carbons (Fsp3) is 0.562. The number of carbonyl (C=O) groups excluding carboxylic acids is 1. The number of methoxy groups -OCH3 is 1. The summed E-state index contributed by atoms with van der Waals surface area (Å²) < 4.78 is 6.06. The van der Waals surface area contributed by atoms with Gasteiger partial charge in [-0.05, 0) is 52.9 Å². The minimum atomic E-state index is 0.207. The number of Topliss-reactive ketones (excluding diaryl/α,β-unsaturated/α-hetero) is 1. The summed E-state index contributed by atoms with van der Waals surface area (Å²) in [5.41, 5.74) is 0.804. The molecule has 1 fully saturated rings. The zero-order valence-corrected chi connectivity index (χ0v) is 13.2. The van der Waals surface area contributed by atoms with Gasteiger partial charge in [0.2, 0.25) is 0 Å². The van der Waals surface area contributed by atoms with Crippen LogP contribution in [0.2, 0.25) is 0 Å². The normalized spacial score (nSPS) is 23.1. The van der Waals surface area contributed by atoms with E-state index < -0.39 is 0 Å². The van der Waals surface area contributed by atoms with E-state index in [0.29, 0.717) is 11.7 Å². The number of ether oxygens (including phenoxy) is 1. The van der Waals surface area contributed by atoms with E-state index in [1.807, 2.05) is 18.2 Å². The molecule has 2 rings (SSSR count). The molecule has 2 unspecified atom stereocenters. The van der Waals surface area contributed by atoms with Gasteiger partial charge >= 0.3 is 0 Å². The first-order chi connectivity index (χ1) is 9.17. The van der Waals surface area contributed by atoms with Crippen LogP contribution < -0.4 is 4.74 Å². The number of rotatable bonds is 4. The monoisotopic (exact) mass is 324 g/mol. The summed E-state index contributed by atoms with van der Waals surface area (Å²) in [5.74, 6) is 1.84.